The second-order valence-electron chi connectivity index (χ2n) is 11.8. The summed E-state index contributed by atoms with van der Waals surface area (Å²) in [6, 6.07) is 31.7. The molecule has 1 unspecified atom stereocenters. The van der Waals surface area contributed by atoms with Gasteiger partial charge in [0.15, 0.2) is 0 Å². The van der Waals surface area contributed by atoms with Crippen molar-refractivity contribution in [1.29, 1.82) is 0 Å². The Bertz CT molecular complexity index is 1560. The van der Waals surface area contributed by atoms with E-state index in [2.05, 4.69) is 38.2 Å². The van der Waals surface area contributed by atoms with E-state index in [1.54, 1.807) is 6.92 Å². The Morgan fingerprint density at radius 1 is 0.881 bits per heavy atom. The van der Waals surface area contributed by atoms with Crippen LogP contribution in [0.2, 0.25) is 0 Å². The summed E-state index contributed by atoms with van der Waals surface area (Å²) in [5.74, 6) is 0.604. The molecular weight excluding hydrogens is 522 g/mol. The van der Waals surface area contributed by atoms with Crippen LogP contribution in [-0.2, 0) is 10.2 Å². The summed E-state index contributed by atoms with van der Waals surface area (Å²) in [5, 5.41) is 3.09. The molecule has 0 radical (unpaired) electrons. The number of carbonyl (C=O) groups excluding carboxylic acids is 2. The maximum absolute atomic E-state index is 13.3. The van der Waals surface area contributed by atoms with Gasteiger partial charge in [-0.25, -0.2) is 0 Å². The van der Waals surface area contributed by atoms with Gasteiger partial charge in [-0.1, -0.05) is 61.5 Å². The van der Waals surface area contributed by atoms with Crippen molar-refractivity contribution in [3.05, 3.63) is 114 Å². The van der Waals surface area contributed by atoms with Crippen LogP contribution in [0.15, 0.2) is 97.1 Å². The minimum Gasteiger partial charge on any atom is -0.494 e. The molecule has 0 aromatic heterocycles. The van der Waals surface area contributed by atoms with E-state index in [1.807, 2.05) is 89.8 Å². The van der Waals surface area contributed by atoms with Gasteiger partial charge in [0.25, 0.3) is 5.91 Å². The molecule has 3 N–H and O–H groups in total. The summed E-state index contributed by atoms with van der Waals surface area (Å²) in [6.07, 6.45) is 1.51. The fraction of sp³-hybridized carbons (Fsp3) is 0.278. The Labute approximate surface area is 248 Å². The number of nitrogens with one attached hydrogen (secondary N) is 1. The third-order valence-corrected chi connectivity index (χ3v) is 8.16. The van der Waals surface area contributed by atoms with Gasteiger partial charge in [0.2, 0.25) is 5.91 Å². The zero-order valence-corrected chi connectivity index (χ0v) is 24.8. The average Bonchev–Trinajstić information content (AvgIpc) is 2.98. The first-order chi connectivity index (χ1) is 20.1. The molecule has 4 aromatic rings. The summed E-state index contributed by atoms with van der Waals surface area (Å²) in [4.78, 5) is 28.1. The van der Waals surface area contributed by atoms with Gasteiger partial charge in [0, 0.05) is 34.8 Å². The highest BCUT2D eigenvalue weighted by molar-refractivity contribution is 6.05. The number of anilines is 2. The van der Waals surface area contributed by atoms with Crippen LogP contribution in [0.1, 0.15) is 62.0 Å². The minimum atomic E-state index is -0.421. The lowest BCUT2D eigenvalue weighted by molar-refractivity contribution is -0.117. The van der Waals surface area contributed by atoms with Crippen molar-refractivity contribution in [2.45, 2.75) is 51.5 Å². The number of amides is 2. The van der Waals surface area contributed by atoms with Crippen molar-refractivity contribution < 1.29 is 14.3 Å². The summed E-state index contributed by atoms with van der Waals surface area (Å²) in [5.41, 5.74) is 11.1. The second kappa shape index (κ2) is 11.8. The summed E-state index contributed by atoms with van der Waals surface area (Å²) < 4.78 is 5.84. The first-order valence-electron chi connectivity index (χ1n) is 14.5. The third kappa shape index (κ3) is 5.81. The number of rotatable bonds is 8. The van der Waals surface area contributed by atoms with Gasteiger partial charge in [-0.05, 0) is 98.0 Å². The standard InChI is InChI=1S/C36H39N3O3/c1-25(40)39-33-20-17-30(38-34(41)28-13-11-27(12-14-28)26-9-6-5-7-10-26)23-32(33)36(4,24-35(39,2)3)29-15-18-31(19-16-29)42-22-8-21-37/h5-7,9-20,23H,8,21-22,24,37H2,1-4H3,(H,38,41). The molecule has 216 valence electrons. The highest BCUT2D eigenvalue weighted by Crippen LogP contribution is 2.51. The predicted octanol–water partition coefficient (Wildman–Crippen LogP) is 7.17. The lowest BCUT2D eigenvalue weighted by Gasteiger charge is -2.51. The normalized spacial score (nSPS) is 17.3. The number of nitrogens with zero attached hydrogens (tertiary/aromatic N) is 1. The highest BCUT2D eigenvalue weighted by Gasteiger charge is 2.47. The Kier molecular flexibility index (Phi) is 8.19. The van der Waals surface area contributed by atoms with Crippen molar-refractivity contribution >= 4 is 23.2 Å². The SMILES string of the molecule is CC(=O)N1c2ccc(NC(=O)c3ccc(-c4ccccc4)cc3)cc2C(C)(c2ccc(OCCCN)cc2)CC1(C)C. The largest absolute Gasteiger partial charge is 0.494 e. The minimum absolute atomic E-state index is 0.0118. The second-order valence-corrected chi connectivity index (χ2v) is 11.8. The number of hydrogen-bond donors (Lipinski definition) is 2. The molecule has 0 spiro atoms. The Balaban J connectivity index is 1.47. The van der Waals surface area contributed by atoms with Crippen molar-refractivity contribution in [3.8, 4) is 16.9 Å². The van der Waals surface area contributed by atoms with E-state index in [0.717, 1.165) is 40.1 Å². The average molecular weight is 562 g/mol. The monoisotopic (exact) mass is 561 g/mol. The van der Waals surface area contributed by atoms with E-state index in [9.17, 15) is 9.59 Å². The number of benzene rings is 4. The van der Waals surface area contributed by atoms with Crippen LogP contribution >= 0.6 is 0 Å². The molecule has 5 rings (SSSR count). The molecule has 1 heterocycles. The topological polar surface area (TPSA) is 84.7 Å². The zero-order chi connectivity index (χ0) is 29.9. The molecule has 0 aliphatic carbocycles. The molecule has 6 nitrogen and oxygen atoms in total. The molecule has 1 atom stereocenters. The lowest BCUT2D eigenvalue weighted by Crippen LogP contribution is -2.55. The maximum atomic E-state index is 13.3. The van der Waals surface area contributed by atoms with Crippen molar-refractivity contribution in [2.75, 3.05) is 23.4 Å². The molecule has 0 saturated heterocycles. The van der Waals surface area contributed by atoms with Crippen LogP contribution < -0.4 is 20.7 Å². The van der Waals surface area contributed by atoms with Crippen molar-refractivity contribution in [1.82, 2.24) is 0 Å². The van der Waals surface area contributed by atoms with Gasteiger partial charge in [-0.3, -0.25) is 9.59 Å². The summed E-state index contributed by atoms with van der Waals surface area (Å²) in [6.45, 7) is 9.20. The fourth-order valence-corrected chi connectivity index (χ4v) is 6.31. The molecule has 0 saturated carbocycles. The van der Waals surface area contributed by atoms with E-state index in [0.29, 0.717) is 30.8 Å². The third-order valence-electron chi connectivity index (χ3n) is 8.16. The van der Waals surface area contributed by atoms with Crippen LogP contribution in [0.25, 0.3) is 11.1 Å². The van der Waals surface area contributed by atoms with Crippen LogP contribution in [0.3, 0.4) is 0 Å². The quantitative estimate of drug-likeness (QED) is 0.223. The van der Waals surface area contributed by atoms with E-state index in [-0.39, 0.29) is 11.8 Å². The molecule has 6 heteroatoms. The maximum Gasteiger partial charge on any atom is 0.255 e. The molecule has 4 aromatic carbocycles. The van der Waals surface area contributed by atoms with Crippen LogP contribution in [0.5, 0.6) is 5.75 Å². The highest BCUT2D eigenvalue weighted by atomic mass is 16.5. The van der Waals surface area contributed by atoms with E-state index >= 15 is 0 Å². The summed E-state index contributed by atoms with van der Waals surface area (Å²) in [7, 11) is 0. The van der Waals surface area contributed by atoms with Gasteiger partial charge < -0.3 is 20.7 Å². The fourth-order valence-electron chi connectivity index (χ4n) is 6.31. The van der Waals surface area contributed by atoms with E-state index in [1.165, 1.54) is 0 Å². The number of fused-ring (bicyclic) bond motifs is 1. The first-order valence-corrected chi connectivity index (χ1v) is 14.5. The van der Waals surface area contributed by atoms with Crippen LogP contribution in [0, 0.1) is 0 Å². The lowest BCUT2D eigenvalue weighted by atomic mass is 9.65. The molecule has 1 aliphatic heterocycles. The van der Waals surface area contributed by atoms with Crippen molar-refractivity contribution in [3.63, 3.8) is 0 Å². The van der Waals surface area contributed by atoms with Gasteiger partial charge in [0.05, 0.1) is 6.61 Å². The Morgan fingerprint density at radius 2 is 1.55 bits per heavy atom. The van der Waals surface area contributed by atoms with E-state index in [4.69, 9.17) is 10.5 Å². The van der Waals surface area contributed by atoms with Gasteiger partial charge in [-0.15, -0.1) is 0 Å². The van der Waals surface area contributed by atoms with Gasteiger partial charge in [-0.2, -0.15) is 0 Å². The Hall–Kier alpha value is -4.42. The predicted molar refractivity (Wildman–Crippen MR) is 170 cm³/mol. The van der Waals surface area contributed by atoms with E-state index < -0.39 is 11.0 Å². The molecule has 42 heavy (non-hydrogen) atoms. The molecule has 1 aliphatic rings. The van der Waals surface area contributed by atoms with Crippen LogP contribution in [-0.4, -0.2) is 30.5 Å². The number of ether oxygens (including phenoxy) is 1. The van der Waals surface area contributed by atoms with Gasteiger partial charge >= 0.3 is 0 Å². The van der Waals surface area contributed by atoms with Gasteiger partial charge in [0.1, 0.15) is 5.75 Å². The zero-order valence-electron chi connectivity index (χ0n) is 24.8. The number of carbonyl (C=O) groups is 2. The Morgan fingerprint density at radius 3 is 2.19 bits per heavy atom. The molecule has 0 fully saturated rings. The smallest absolute Gasteiger partial charge is 0.255 e. The summed E-state index contributed by atoms with van der Waals surface area (Å²) >= 11 is 0. The number of hydrogen-bond acceptors (Lipinski definition) is 4. The first kappa shape index (κ1) is 29.1. The van der Waals surface area contributed by atoms with Crippen molar-refractivity contribution in [2.24, 2.45) is 5.73 Å². The molecule has 2 amide bonds. The number of nitrogens with two attached hydrogens (primary N) is 1. The molecular formula is C36H39N3O3. The van der Waals surface area contributed by atoms with Crippen LogP contribution in [0.4, 0.5) is 11.4 Å². The molecule has 0 bridgehead atoms.